The molecule has 0 aliphatic carbocycles. The fourth-order valence-electron chi connectivity index (χ4n) is 1.67. The monoisotopic (exact) mass is 267 g/mol. The van der Waals surface area contributed by atoms with Crippen molar-refractivity contribution in [2.45, 2.75) is 4.90 Å². The second-order valence-corrected chi connectivity index (χ2v) is 5.00. The molecular weight excluding hydrogens is 260 g/mol. The van der Waals surface area contributed by atoms with Gasteiger partial charge in [-0.25, -0.2) is 4.79 Å². The molecule has 0 saturated carbocycles. The number of aromatic carboxylic acids is 1. The van der Waals surface area contributed by atoms with Gasteiger partial charge >= 0.3 is 5.97 Å². The van der Waals surface area contributed by atoms with Gasteiger partial charge in [-0.2, -0.15) is 8.42 Å². The van der Waals surface area contributed by atoms with Gasteiger partial charge in [-0.1, -0.05) is 12.1 Å². The summed E-state index contributed by atoms with van der Waals surface area (Å²) < 4.78 is 31.2. The van der Waals surface area contributed by atoms with E-state index in [-0.39, 0.29) is 10.8 Å². The molecule has 0 amide bonds. The molecule has 2 N–H and O–H groups in total. The van der Waals surface area contributed by atoms with E-state index >= 15 is 0 Å². The predicted molar refractivity (Wildman–Crippen MR) is 60.9 cm³/mol. The molecule has 0 aliphatic heterocycles. The molecule has 0 heterocycles. The molecule has 2 aromatic rings. The van der Waals surface area contributed by atoms with Gasteiger partial charge in [0.1, 0.15) is 10.5 Å². The SMILES string of the molecule is [O]c1cc2c(S(=O)(=O)O)cccc2cc1C(=O)O. The Labute approximate surface area is 102 Å². The Morgan fingerprint density at radius 3 is 2.39 bits per heavy atom. The number of hydrogen-bond donors (Lipinski definition) is 2. The summed E-state index contributed by atoms with van der Waals surface area (Å²) in [5.74, 6) is -2.20. The molecular formula is C11H7O6S. The van der Waals surface area contributed by atoms with Gasteiger partial charge in [-0.3, -0.25) is 9.66 Å². The van der Waals surface area contributed by atoms with Crippen molar-refractivity contribution in [3.63, 3.8) is 0 Å². The lowest BCUT2D eigenvalue weighted by Gasteiger charge is -2.05. The Balaban J connectivity index is 2.89. The molecule has 93 valence electrons. The zero-order valence-electron chi connectivity index (χ0n) is 8.82. The zero-order valence-corrected chi connectivity index (χ0v) is 9.64. The van der Waals surface area contributed by atoms with Crippen LogP contribution in [0.4, 0.5) is 0 Å². The van der Waals surface area contributed by atoms with Crippen LogP contribution in [0.1, 0.15) is 10.4 Å². The van der Waals surface area contributed by atoms with Crippen LogP contribution in [0.15, 0.2) is 35.2 Å². The standard InChI is InChI=1S/C11H7O6S/c12-9-5-7-6(4-8(9)11(13)14)2-1-3-10(7)18(15,16)17/h1-5H,(H,13,14)(H,15,16,17). The first-order chi connectivity index (χ1) is 8.30. The van der Waals surface area contributed by atoms with Crippen molar-refractivity contribution in [3.8, 4) is 5.75 Å². The Bertz CT molecular complexity index is 747. The van der Waals surface area contributed by atoms with Gasteiger partial charge in [0.15, 0.2) is 5.75 Å². The van der Waals surface area contributed by atoms with E-state index in [1.807, 2.05) is 0 Å². The minimum absolute atomic E-state index is 0.00463. The van der Waals surface area contributed by atoms with Gasteiger partial charge in [-0.05, 0) is 23.6 Å². The molecule has 1 radical (unpaired) electrons. The summed E-state index contributed by atoms with van der Waals surface area (Å²) in [6, 6.07) is 5.91. The highest BCUT2D eigenvalue weighted by Crippen LogP contribution is 2.30. The van der Waals surface area contributed by atoms with Crippen LogP contribution in [0.2, 0.25) is 0 Å². The smallest absolute Gasteiger partial charge is 0.339 e. The molecule has 0 saturated heterocycles. The first-order valence-corrected chi connectivity index (χ1v) is 6.19. The normalized spacial score (nSPS) is 11.6. The van der Waals surface area contributed by atoms with Crippen LogP contribution in [-0.4, -0.2) is 24.0 Å². The summed E-state index contributed by atoms with van der Waals surface area (Å²) in [4.78, 5) is 10.4. The minimum atomic E-state index is -4.47. The average molecular weight is 267 g/mol. The van der Waals surface area contributed by atoms with E-state index in [9.17, 15) is 18.3 Å². The van der Waals surface area contributed by atoms with E-state index in [4.69, 9.17) is 9.66 Å². The fourth-order valence-corrected chi connectivity index (χ4v) is 2.37. The molecule has 0 fully saturated rings. The van der Waals surface area contributed by atoms with Gasteiger partial charge in [0.2, 0.25) is 0 Å². The van der Waals surface area contributed by atoms with Crippen LogP contribution in [0.25, 0.3) is 10.8 Å². The number of fused-ring (bicyclic) bond motifs is 1. The molecule has 6 nitrogen and oxygen atoms in total. The largest absolute Gasteiger partial charge is 0.478 e. The Hall–Kier alpha value is -2.12. The molecule has 18 heavy (non-hydrogen) atoms. The van der Waals surface area contributed by atoms with Crippen molar-refractivity contribution in [2.75, 3.05) is 0 Å². The first kappa shape index (κ1) is 12.3. The number of rotatable bonds is 2. The highest BCUT2D eigenvalue weighted by molar-refractivity contribution is 7.86. The molecule has 2 rings (SSSR count). The van der Waals surface area contributed by atoms with Gasteiger partial charge < -0.3 is 5.11 Å². The molecule has 2 aromatic carbocycles. The molecule has 7 heteroatoms. The van der Waals surface area contributed by atoms with Gasteiger partial charge in [0.25, 0.3) is 10.1 Å². The zero-order chi connectivity index (χ0) is 13.5. The third-order valence-electron chi connectivity index (χ3n) is 2.45. The number of benzene rings is 2. The lowest BCUT2D eigenvalue weighted by atomic mass is 10.1. The molecule has 0 aromatic heterocycles. The van der Waals surface area contributed by atoms with Crippen molar-refractivity contribution in [3.05, 3.63) is 35.9 Å². The van der Waals surface area contributed by atoms with Gasteiger partial charge in [0, 0.05) is 5.39 Å². The van der Waals surface area contributed by atoms with Crippen LogP contribution < -0.4 is 0 Å². The summed E-state index contributed by atoms with van der Waals surface area (Å²) in [7, 11) is -4.47. The van der Waals surface area contributed by atoms with Crippen molar-refractivity contribution < 1.29 is 28.0 Å². The maximum Gasteiger partial charge on any atom is 0.339 e. The molecule has 0 spiro atoms. The summed E-state index contributed by atoms with van der Waals surface area (Å²) in [6.45, 7) is 0. The summed E-state index contributed by atoms with van der Waals surface area (Å²) >= 11 is 0. The third-order valence-corrected chi connectivity index (χ3v) is 3.36. The maximum atomic E-state index is 11.5. The Kier molecular flexibility index (Phi) is 2.72. The molecule has 0 bridgehead atoms. The number of hydrogen-bond acceptors (Lipinski definition) is 3. The van der Waals surface area contributed by atoms with E-state index in [1.165, 1.54) is 12.1 Å². The second kappa shape index (κ2) is 3.97. The molecule has 0 atom stereocenters. The predicted octanol–water partition coefficient (Wildman–Crippen LogP) is 1.93. The third kappa shape index (κ3) is 2.01. The first-order valence-electron chi connectivity index (χ1n) is 4.75. The van der Waals surface area contributed by atoms with Crippen molar-refractivity contribution >= 4 is 26.9 Å². The van der Waals surface area contributed by atoms with Crippen LogP contribution >= 0.6 is 0 Å². The minimum Gasteiger partial charge on any atom is -0.478 e. The summed E-state index contributed by atoms with van der Waals surface area (Å²) in [6.07, 6.45) is 0. The van der Waals surface area contributed by atoms with E-state index in [1.54, 1.807) is 0 Å². The quantitative estimate of drug-likeness (QED) is 0.807. The summed E-state index contributed by atoms with van der Waals surface area (Å²) in [5, 5.41) is 20.5. The lowest BCUT2D eigenvalue weighted by molar-refractivity contribution is 0.0692. The molecule has 0 unspecified atom stereocenters. The number of carboxylic acid groups (broad SMARTS) is 1. The second-order valence-electron chi connectivity index (χ2n) is 3.61. The average Bonchev–Trinajstić information content (AvgIpc) is 2.25. The van der Waals surface area contributed by atoms with E-state index in [0.29, 0.717) is 0 Å². The van der Waals surface area contributed by atoms with E-state index < -0.39 is 32.3 Å². The number of carboxylic acids is 1. The summed E-state index contributed by atoms with van der Waals surface area (Å²) in [5.41, 5.74) is -0.449. The Morgan fingerprint density at radius 2 is 1.83 bits per heavy atom. The topological polar surface area (TPSA) is 112 Å². The van der Waals surface area contributed by atoms with Gasteiger partial charge in [-0.15, -0.1) is 0 Å². The highest BCUT2D eigenvalue weighted by atomic mass is 32.2. The molecule has 0 aliphatic rings. The highest BCUT2D eigenvalue weighted by Gasteiger charge is 2.18. The number of carbonyl (C=O) groups is 1. The van der Waals surface area contributed by atoms with Crippen molar-refractivity contribution in [1.82, 2.24) is 0 Å². The van der Waals surface area contributed by atoms with Crippen molar-refractivity contribution in [1.29, 1.82) is 0 Å². The van der Waals surface area contributed by atoms with Gasteiger partial charge in [0.05, 0.1) is 0 Å². The fraction of sp³-hybridized carbons (Fsp3) is 0. The maximum absolute atomic E-state index is 11.5. The lowest BCUT2D eigenvalue weighted by Crippen LogP contribution is -2.00. The van der Waals surface area contributed by atoms with Crippen LogP contribution in [0, 0.1) is 0 Å². The van der Waals surface area contributed by atoms with E-state index in [2.05, 4.69) is 0 Å². The van der Waals surface area contributed by atoms with E-state index in [0.717, 1.165) is 18.2 Å². The van der Waals surface area contributed by atoms with Crippen LogP contribution in [0.3, 0.4) is 0 Å². The van der Waals surface area contributed by atoms with Crippen LogP contribution in [-0.2, 0) is 15.2 Å². The van der Waals surface area contributed by atoms with Crippen LogP contribution in [0.5, 0.6) is 5.75 Å². The Morgan fingerprint density at radius 1 is 1.17 bits per heavy atom. The van der Waals surface area contributed by atoms with Crippen molar-refractivity contribution in [2.24, 2.45) is 0 Å².